The molecular weight excluding hydrogens is 282 g/mol. The number of oxazole rings is 1. The minimum atomic E-state index is -0.919. The van der Waals surface area contributed by atoms with Gasteiger partial charge in [-0.05, 0) is 6.92 Å². The monoisotopic (exact) mass is 299 g/mol. The van der Waals surface area contributed by atoms with Gasteiger partial charge in [-0.3, -0.25) is 0 Å². The number of aromatic nitrogens is 1. The molecule has 0 atom stereocenters. The summed E-state index contributed by atoms with van der Waals surface area (Å²) in [4.78, 5) is 16.4. The first-order valence-electron chi connectivity index (χ1n) is 6.21. The SMILES string of the molecule is COC1(OC)CN/C(=N\[N+](=O)[O-])N(Cc2nc(C)co2)C1. The molecule has 0 spiro atoms. The number of nitrogens with zero attached hydrogens (tertiary/aromatic N) is 4. The van der Waals surface area contributed by atoms with Gasteiger partial charge in [-0.1, -0.05) is 0 Å². The smallest absolute Gasteiger partial charge is 0.272 e. The Kier molecular flexibility index (Phi) is 4.38. The lowest BCUT2D eigenvalue weighted by molar-refractivity contribution is -0.486. The van der Waals surface area contributed by atoms with Crippen molar-refractivity contribution in [1.29, 1.82) is 0 Å². The molecule has 1 aliphatic heterocycles. The second-order valence-electron chi connectivity index (χ2n) is 4.57. The van der Waals surface area contributed by atoms with E-state index in [1.165, 1.54) is 20.5 Å². The molecule has 0 saturated carbocycles. The Morgan fingerprint density at radius 3 is 2.86 bits per heavy atom. The number of nitrogens with one attached hydrogen (secondary N) is 1. The number of guanidine groups is 1. The zero-order valence-corrected chi connectivity index (χ0v) is 12.0. The highest BCUT2D eigenvalue weighted by Gasteiger charge is 2.39. The van der Waals surface area contributed by atoms with Crippen molar-refractivity contribution >= 4 is 5.96 Å². The maximum atomic E-state index is 10.6. The molecule has 2 rings (SSSR count). The fraction of sp³-hybridized carbons (Fsp3) is 0.636. The molecule has 10 heteroatoms. The van der Waals surface area contributed by atoms with Gasteiger partial charge < -0.3 is 24.1 Å². The van der Waals surface area contributed by atoms with Crippen molar-refractivity contribution in [3.63, 3.8) is 0 Å². The molecule has 1 aromatic heterocycles. The topological polar surface area (TPSA) is 115 Å². The molecule has 1 fully saturated rings. The molecule has 0 aliphatic carbocycles. The fourth-order valence-corrected chi connectivity index (χ4v) is 2.05. The molecule has 2 heterocycles. The molecule has 1 aliphatic rings. The molecular formula is C11H17N5O5. The van der Waals surface area contributed by atoms with Crippen molar-refractivity contribution in [2.24, 2.45) is 5.10 Å². The van der Waals surface area contributed by atoms with Crippen LogP contribution in [-0.4, -0.2) is 54.0 Å². The Morgan fingerprint density at radius 1 is 1.62 bits per heavy atom. The Morgan fingerprint density at radius 2 is 2.33 bits per heavy atom. The first-order valence-corrected chi connectivity index (χ1v) is 6.21. The molecule has 0 bridgehead atoms. The van der Waals surface area contributed by atoms with E-state index in [0.717, 1.165) is 5.69 Å². The van der Waals surface area contributed by atoms with E-state index in [2.05, 4.69) is 15.4 Å². The molecule has 1 N–H and O–H groups in total. The van der Waals surface area contributed by atoms with Crippen molar-refractivity contribution in [1.82, 2.24) is 15.2 Å². The maximum Gasteiger partial charge on any atom is 0.272 e. The Labute approximate surface area is 120 Å². The van der Waals surface area contributed by atoms with Crippen LogP contribution < -0.4 is 5.32 Å². The summed E-state index contributed by atoms with van der Waals surface area (Å²) in [7, 11) is 3.02. The van der Waals surface area contributed by atoms with Gasteiger partial charge in [0, 0.05) is 14.2 Å². The molecule has 0 unspecified atom stereocenters. The quantitative estimate of drug-likeness (QED) is 0.456. The van der Waals surface area contributed by atoms with Crippen LogP contribution in [0.2, 0.25) is 0 Å². The van der Waals surface area contributed by atoms with E-state index < -0.39 is 10.8 Å². The van der Waals surface area contributed by atoms with Gasteiger partial charge in [-0.25, -0.2) is 15.1 Å². The summed E-state index contributed by atoms with van der Waals surface area (Å²) >= 11 is 0. The second kappa shape index (κ2) is 6.06. The number of ether oxygens (including phenoxy) is 2. The van der Waals surface area contributed by atoms with E-state index in [-0.39, 0.29) is 25.6 Å². The Hall–Kier alpha value is -2.20. The zero-order valence-electron chi connectivity index (χ0n) is 12.0. The van der Waals surface area contributed by atoms with Gasteiger partial charge in [-0.15, -0.1) is 0 Å². The molecule has 0 radical (unpaired) electrons. The van der Waals surface area contributed by atoms with Gasteiger partial charge in [0.05, 0.1) is 25.3 Å². The van der Waals surface area contributed by atoms with Gasteiger partial charge in [0.25, 0.3) is 5.96 Å². The lowest BCUT2D eigenvalue weighted by Crippen LogP contribution is -2.62. The number of hydrazone groups is 1. The van der Waals surface area contributed by atoms with Crippen LogP contribution in [-0.2, 0) is 16.0 Å². The number of aryl methyl sites for hydroxylation is 1. The second-order valence-corrected chi connectivity index (χ2v) is 4.57. The first kappa shape index (κ1) is 15.2. The van der Waals surface area contributed by atoms with Crippen molar-refractivity contribution in [2.75, 3.05) is 27.3 Å². The highest BCUT2D eigenvalue weighted by molar-refractivity contribution is 5.80. The molecule has 1 saturated heterocycles. The molecule has 116 valence electrons. The summed E-state index contributed by atoms with van der Waals surface area (Å²) in [5, 5.41) is 16.0. The van der Waals surface area contributed by atoms with Crippen LogP contribution in [0, 0.1) is 17.0 Å². The van der Waals surface area contributed by atoms with E-state index in [0.29, 0.717) is 5.89 Å². The normalized spacial score (nSPS) is 19.6. The minimum absolute atomic E-state index is 0.112. The largest absolute Gasteiger partial charge is 0.447 e. The summed E-state index contributed by atoms with van der Waals surface area (Å²) in [6.45, 7) is 2.50. The van der Waals surface area contributed by atoms with Gasteiger partial charge in [0.2, 0.25) is 11.7 Å². The third-order valence-corrected chi connectivity index (χ3v) is 3.16. The summed E-state index contributed by atoms with van der Waals surface area (Å²) in [5.41, 5.74) is 0.729. The summed E-state index contributed by atoms with van der Waals surface area (Å²) < 4.78 is 16.0. The van der Waals surface area contributed by atoms with Crippen LogP contribution in [0.1, 0.15) is 11.6 Å². The fourth-order valence-electron chi connectivity index (χ4n) is 2.05. The van der Waals surface area contributed by atoms with E-state index >= 15 is 0 Å². The van der Waals surface area contributed by atoms with E-state index in [9.17, 15) is 10.1 Å². The third kappa shape index (κ3) is 3.47. The summed E-state index contributed by atoms with van der Waals surface area (Å²) in [6, 6.07) is 0. The maximum absolute atomic E-state index is 10.6. The van der Waals surface area contributed by atoms with Crippen molar-refractivity contribution < 1.29 is 18.9 Å². The average molecular weight is 299 g/mol. The number of hydrogen-bond donors (Lipinski definition) is 1. The summed E-state index contributed by atoms with van der Waals surface area (Å²) in [5.74, 6) is -0.383. The molecule has 0 aromatic carbocycles. The number of rotatable bonds is 5. The van der Waals surface area contributed by atoms with Crippen LogP contribution in [0.5, 0.6) is 0 Å². The predicted molar refractivity (Wildman–Crippen MR) is 70.8 cm³/mol. The van der Waals surface area contributed by atoms with E-state index in [1.807, 2.05) is 0 Å². The zero-order chi connectivity index (χ0) is 15.5. The number of nitro groups is 1. The van der Waals surface area contributed by atoms with Crippen molar-refractivity contribution in [2.45, 2.75) is 19.3 Å². The first-order chi connectivity index (χ1) is 9.98. The van der Waals surface area contributed by atoms with Gasteiger partial charge in [0.1, 0.15) is 11.4 Å². The van der Waals surface area contributed by atoms with E-state index in [4.69, 9.17) is 13.9 Å². The summed E-state index contributed by atoms with van der Waals surface area (Å²) in [6.07, 6.45) is 1.51. The highest BCUT2D eigenvalue weighted by atomic mass is 16.7. The van der Waals surface area contributed by atoms with Crippen molar-refractivity contribution in [3.8, 4) is 0 Å². The standard InChI is InChI=1S/C11H17N5O5/c1-8-5-21-9(13-8)4-15-7-11(19-2,20-3)6-12-10(15)14-16(17)18/h5H,4,6-7H2,1-3H3,(H,12,14). The van der Waals surface area contributed by atoms with E-state index in [1.54, 1.807) is 11.8 Å². The van der Waals surface area contributed by atoms with Crippen LogP contribution in [0.25, 0.3) is 0 Å². The molecule has 21 heavy (non-hydrogen) atoms. The lowest BCUT2D eigenvalue weighted by atomic mass is 10.2. The van der Waals surface area contributed by atoms with Crippen LogP contribution in [0.4, 0.5) is 0 Å². The molecule has 1 aromatic rings. The van der Waals surface area contributed by atoms with Crippen LogP contribution >= 0.6 is 0 Å². The molecule has 0 amide bonds. The number of hydrogen-bond acceptors (Lipinski definition) is 6. The van der Waals surface area contributed by atoms with Gasteiger partial charge >= 0.3 is 0 Å². The molecule has 10 nitrogen and oxygen atoms in total. The lowest BCUT2D eigenvalue weighted by Gasteiger charge is -2.40. The van der Waals surface area contributed by atoms with Crippen LogP contribution in [0.15, 0.2) is 15.8 Å². The van der Waals surface area contributed by atoms with Gasteiger partial charge in [-0.2, -0.15) is 0 Å². The average Bonchev–Trinajstić information content (AvgIpc) is 2.86. The minimum Gasteiger partial charge on any atom is -0.447 e. The predicted octanol–water partition coefficient (Wildman–Crippen LogP) is -0.0750. The Bertz CT molecular complexity index is 539. The third-order valence-electron chi connectivity index (χ3n) is 3.16. The number of methoxy groups -OCH3 is 2. The Balaban J connectivity index is 2.22. The van der Waals surface area contributed by atoms with Crippen LogP contribution in [0.3, 0.4) is 0 Å². The van der Waals surface area contributed by atoms with Crippen molar-refractivity contribution in [3.05, 3.63) is 28.0 Å². The highest BCUT2D eigenvalue weighted by Crippen LogP contribution is 2.19. The van der Waals surface area contributed by atoms with Gasteiger partial charge in [0.15, 0.2) is 5.03 Å².